The quantitative estimate of drug-likeness (QED) is 0.894. The lowest BCUT2D eigenvalue weighted by Crippen LogP contribution is -2.17. The van der Waals surface area contributed by atoms with Gasteiger partial charge in [0.25, 0.3) is 0 Å². The zero-order valence-corrected chi connectivity index (χ0v) is 12.7. The third-order valence-corrected chi connectivity index (χ3v) is 3.66. The van der Waals surface area contributed by atoms with Crippen molar-refractivity contribution in [3.63, 3.8) is 0 Å². The second-order valence-corrected chi connectivity index (χ2v) is 5.09. The summed E-state index contributed by atoms with van der Waals surface area (Å²) in [6.07, 6.45) is 2.98. The second-order valence-electron chi connectivity index (χ2n) is 5.09. The van der Waals surface area contributed by atoms with Crippen molar-refractivity contribution in [1.29, 1.82) is 0 Å². The molecule has 3 heteroatoms. The van der Waals surface area contributed by atoms with Gasteiger partial charge in [0.2, 0.25) is 0 Å². The van der Waals surface area contributed by atoms with Gasteiger partial charge in [-0.3, -0.25) is 4.98 Å². The maximum absolute atomic E-state index is 4.59. The molecule has 0 aliphatic rings. The summed E-state index contributed by atoms with van der Waals surface area (Å²) in [5.41, 5.74) is 4.64. The van der Waals surface area contributed by atoms with E-state index in [2.05, 4.69) is 72.5 Å². The minimum atomic E-state index is 0.327. The number of rotatable bonds is 5. The number of pyridine rings is 1. The summed E-state index contributed by atoms with van der Waals surface area (Å²) >= 11 is 0. The lowest BCUT2D eigenvalue weighted by molar-refractivity contribution is 0.562. The molecule has 0 spiro atoms. The Bertz CT molecular complexity index is 544. The summed E-state index contributed by atoms with van der Waals surface area (Å²) in [4.78, 5) is 6.74. The highest BCUT2D eigenvalue weighted by Crippen LogP contribution is 2.24. The van der Waals surface area contributed by atoms with Crippen LogP contribution in [0.5, 0.6) is 0 Å². The van der Waals surface area contributed by atoms with Crippen LogP contribution >= 0.6 is 0 Å². The highest BCUT2D eigenvalue weighted by atomic mass is 15.1. The van der Waals surface area contributed by atoms with Gasteiger partial charge in [-0.1, -0.05) is 19.1 Å². The van der Waals surface area contributed by atoms with Crippen LogP contribution in [0.1, 0.15) is 30.6 Å². The molecule has 1 heterocycles. The topological polar surface area (TPSA) is 28.2 Å². The van der Waals surface area contributed by atoms with E-state index in [9.17, 15) is 0 Å². The summed E-state index contributed by atoms with van der Waals surface area (Å²) in [6, 6.07) is 13.0. The molecule has 0 saturated carbocycles. The second kappa shape index (κ2) is 6.53. The van der Waals surface area contributed by atoms with Gasteiger partial charge < -0.3 is 10.2 Å². The Labute approximate surface area is 121 Å². The van der Waals surface area contributed by atoms with Gasteiger partial charge in [0, 0.05) is 18.8 Å². The molecule has 1 aromatic heterocycles. The fourth-order valence-electron chi connectivity index (χ4n) is 2.35. The van der Waals surface area contributed by atoms with Gasteiger partial charge in [-0.15, -0.1) is 0 Å². The standard InChI is InChI=1S/C17H23N3/c1-5-16(18-3)17-10-9-15(12-19-17)20(4)14-8-6-7-13(2)11-14/h6-12,16,18H,5H2,1-4H3. The molecular weight excluding hydrogens is 246 g/mol. The van der Waals surface area contributed by atoms with Crippen molar-refractivity contribution >= 4 is 11.4 Å². The fraction of sp³-hybridized carbons (Fsp3) is 0.353. The van der Waals surface area contributed by atoms with Gasteiger partial charge in [0.05, 0.1) is 17.6 Å². The number of aryl methyl sites for hydroxylation is 1. The van der Waals surface area contributed by atoms with Crippen molar-refractivity contribution in [1.82, 2.24) is 10.3 Å². The highest BCUT2D eigenvalue weighted by molar-refractivity contribution is 5.62. The number of nitrogens with one attached hydrogen (secondary N) is 1. The van der Waals surface area contributed by atoms with Crippen LogP contribution in [0.25, 0.3) is 0 Å². The van der Waals surface area contributed by atoms with Crippen LogP contribution in [0, 0.1) is 6.92 Å². The minimum absolute atomic E-state index is 0.327. The Hall–Kier alpha value is -1.87. The van der Waals surface area contributed by atoms with Crippen LogP contribution in [0.4, 0.5) is 11.4 Å². The number of anilines is 2. The van der Waals surface area contributed by atoms with E-state index >= 15 is 0 Å². The number of benzene rings is 1. The molecular formula is C17H23N3. The van der Waals surface area contributed by atoms with Crippen LogP contribution in [-0.2, 0) is 0 Å². The molecule has 0 amide bonds. The zero-order valence-electron chi connectivity index (χ0n) is 12.7. The Balaban J connectivity index is 2.21. The monoisotopic (exact) mass is 269 g/mol. The van der Waals surface area contributed by atoms with Crippen molar-refractivity contribution in [3.8, 4) is 0 Å². The predicted molar refractivity (Wildman–Crippen MR) is 85.6 cm³/mol. The summed E-state index contributed by atoms with van der Waals surface area (Å²) in [5, 5.41) is 3.28. The Kier molecular flexibility index (Phi) is 4.74. The molecule has 1 aromatic carbocycles. The molecule has 0 radical (unpaired) electrons. The molecule has 0 saturated heterocycles. The highest BCUT2D eigenvalue weighted by Gasteiger charge is 2.09. The molecule has 2 aromatic rings. The average Bonchev–Trinajstić information content (AvgIpc) is 2.48. The van der Waals surface area contributed by atoms with E-state index in [1.54, 1.807) is 0 Å². The van der Waals surface area contributed by atoms with Gasteiger partial charge in [0.1, 0.15) is 0 Å². The zero-order chi connectivity index (χ0) is 14.5. The van der Waals surface area contributed by atoms with Crippen molar-refractivity contribution in [2.75, 3.05) is 19.0 Å². The van der Waals surface area contributed by atoms with E-state index in [0.29, 0.717) is 6.04 Å². The van der Waals surface area contributed by atoms with Crippen LogP contribution in [0.15, 0.2) is 42.6 Å². The molecule has 0 fully saturated rings. The van der Waals surface area contributed by atoms with Gasteiger partial charge in [0.15, 0.2) is 0 Å². The summed E-state index contributed by atoms with van der Waals surface area (Å²) in [5.74, 6) is 0. The first-order valence-corrected chi connectivity index (χ1v) is 7.09. The Morgan fingerprint density at radius 2 is 2.00 bits per heavy atom. The molecule has 106 valence electrons. The van der Waals surface area contributed by atoms with Crippen molar-refractivity contribution < 1.29 is 0 Å². The average molecular weight is 269 g/mol. The lowest BCUT2D eigenvalue weighted by atomic mass is 10.1. The summed E-state index contributed by atoms with van der Waals surface area (Å²) < 4.78 is 0. The van der Waals surface area contributed by atoms with Crippen molar-refractivity contribution in [3.05, 3.63) is 53.9 Å². The maximum Gasteiger partial charge on any atom is 0.0594 e. The van der Waals surface area contributed by atoms with Crippen LogP contribution in [0.3, 0.4) is 0 Å². The van der Waals surface area contributed by atoms with E-state index in [-0.39, 0.29) is 0 Å². The normalized spacial score (nSPS) is 12.2. The SMILES string of the molecule is CCC(NC)c1ccc(N(C)c2cccc(C)c2)cn1. The summed E-state index contributed by atoms with van der Waals surface area (Å²) in [6.45, 7) is 4.27. The molecule has 2 rings (SSSR count). The predicted octanol–water partition coefficient (Wildman–Crippen LogP) is 3.83. The molecule has 20 heavy (non-hydrogen) atoms. The number of hydrogen-bond acceptors (Lipinski definition) is 3. The maximum atomic E-state index is 4.59. The fourth-order valence-corrected chi connectivity index (χ4v) is 2.35. The molecule has 0 bridgehead atoms. The molecule has 1 N–H and O–H groups in total. The number of aromatic nitrogens is 1. The van der Waals surface area contributed by atoms with Crippen LogP contribution in [0.2, 0.25) is 0 Å². The largest absolute Gasteiger partial charge is 0.343 e. The number of nitrogens with zero attached hydrogens (tertiary/aromatic N) is 2. The minimum Gasteiger partial charge on any atom is -0.343 e. The smallest absolute Gasteiger partial charge is 0.0594 e. The first kappa shape index (κ1) is 14.5. The first-order valence-electron chi connectivity index (χ1n) is 7.09. The lowest BCUT2D eigenvalue weighted by Gasteiger charge is -2.21. The van der Waals surface area contributed by atoms with E-state index in [1.165, 1.54) is 11.3 Å². The Morgan fingerprint density at radius 1 is 1.20 bits per heavy atom. The molecule has 0 aliphatic carbocycles. The van der Waals surface area contributed by atoms with Gasteiger partial charge in [-0.25, -0.2) is 0 Å². The van der Waals surface area contributed by atoms with E-state index in [1.807, 2.05) is 13.2 Å². The van der Waals surface area contributed by atoms with Gasteiger partial charge in [-0.05, 0) is 50.2 Å². The number of hydrogen-bond donors (Lipinski definition) is 1. The molecule has 1 unspecified atom stereocenters. The Morgan fingerprint density at radius 3 is 2.55 bits per heavy atom. The third kappa shape index (κ3) is 3.17. The molecule has 1 atom stereocenters. The van der Waals surface area contributed by atoms with E-state index in [0.717, 1.165) is 17.8 Å². The summed E-state index contributed by atoms with van der Waals surface area (Å²) in [7, 11) is 4.05. The van der Waals surface area contributed by atoms with Crippen molar-refractivity contribution in [2.24, 2.45) is 0 Å². The van der Waals surface area contributed by atoms with E-state index < -0.39 is 0 Å². The van der Waals surface area contributed by atoms with Gasteiger partial charge in [-0.2, -0.15) is 0 Å². The molecule has 0 aliphatic heterocycles. The van der Waals surface area contributed by atoms with Crippen LogP contribution in [-0.4, -0.2) is 19.1 Å². The first-order chi connectivity index (χ1) is 9.65. The van der Waals surface area contributed by atoms with Gasteiger partial charge >= 0.3 is 0 Å². The van der Waals surface area contributed by atoms with Crippen molar-refractivity contribution in [2.45, 2.75) is 26.3 Å². The molecule has 3 nitrogen and oxygen atoms in total. The van der Waals surface area contributed by atoms with E-state index in [4.69, 9.17) is 0 Å². The van der Waals surface area contributed by atoms with Crippen LogP contribution < -0.4 is 10.2 Å². The third-order valence-electron chi connectivity index (χ3n) is 3.66.